The van der Waals surface area contributed by atoms with Crippen molar-refractivity contribution in [3.63, 3.8) is 0 Å². The summed E-state index contributed by atoms with van der Waals surface area (Å²) in [5.41, 5.74) is -0.108. The number of rotatable bonds is 2. The largest absolute Gasteiger partial charge is 0.337 e. The molecule has 0 radical (unpaired) electrons. The van der Waals surface area contributed by atoms with Crippen LogP contribution in [0.4, 0.5) is 0 Å². The Morgan fingerprint density at radius 1 is 1.54 bits per heavy atom. The van der Waals surface area contributed by atoms with E-state index in [2.05, 4.69) is 9.97 Å². The third-order valence-electron chi connectivity index (χ3n) is 1.95. The second kappa shape index (κ2) is 2.93. The first-order valence-corrected chi connectivity index (χ1v) is 3.97. The number of aromatic nitrogens is 4. The van der Waals surface area contributed by atoms with Crippen molar-refractivity contribution in [3.05, 3.63) is 41.1 Å². The van der Waals surface area contributed by atoms with E-state index in [1.807, 2.05) is 17.8 Å². The molecule has 0 amide bonds. The molecular weight excluding hydrogens is 168 g/mol. The molecule has 0 bridgehead atoms. The normalized spacial score (nSPS) is 10.5. The van der Waals surface area contributed by atoms with Gasteiger partial charge in [0.1, 0.15) is 5.82 Å². The van der Waals surface area contributed by atoms with E-state index in [-0.39, 0.29) is 5.69 Å². The van der Waals surface area contributed by atoms with Crippen LogP contribution in [0.2, 0.25) is 0 Å². The molecule has 0 aliphatic rings. The molecule has 0 saturated heterocycles. The minimum Gasteiger partial charge on any atom is -0.337 e. The number of hydrogen-bond acceptors (Lipinski definition) is 2. The second-order valence-electron chi connectivity index (χ2n) is 2.85. The first-order valence-electron chi connectivity index (χ1n) is 3.97. The molecular formula is C8H10N4O. The van der Waals surface area contributed by atoms with Crippen molar-refractivity contribution in [1.82, 2.24) is 19.1 Å². The summed E-state index contributed by atoms with van der Waals surface area (Å²) in [6.07, 6.45) is 6.89. The Labute approximate surface area is 74.7 Å². The molecule has 0 atom stereocenters. The minimum atomic E-state index is -0.108. The fraction of sp³-hybridized carbons (Fsp3) is 0.250. The Bertz CT molecular complexity index is 450. The number of nitrogens with one attached hydrogen (secondary N) is 1. The van der Waals surface area contributed by atoms with Crippen LogP contribution in [0.3, 0.4) is 0 Å². The van der Waals surface area contributed by atoms with Gasteiger partial charge in [0.25, 0.3) is 0 Å². The van der Waals surface area contributed by atoms with Crippen LogP contribution in [0, 0.1) is 0 Å². The Morgan fingerprint density at radius 2 is 2.38 bits per heavy atom. The van der Waals surface area contributed by atoms with E-state index in [9.17, 15) is 4.79 Å². The SMILES string of the molecule is Cn1ccnc1Cn1cc[nH]c1=O. The molecule has 2 heterocycles. The van der Waals surface area contributed by atoms with E-state index < -0.39 is 0 Å². The van der Waals surface area contributed by atoms with E-state index in [0.29, 0.717) is 6.54 Å². The third-order valence-corrected chi connectivity index (χ3v) is 1.95. The molecule has 0 aliphatic carbocycles. The van der Waals surface area contributed by atoms with E-state index in [1.165, 1.54) is 0 Å². The lowest BCUT2D eigenvalue weighted by atomic mass is 10.6. The minimum absolute atomic E-state index is 0.108. The maximum Gasteiger partial charge on any atom is 0.325 e. The van der Waals surface area contributed by atoms with Gasteiger partial charge in [0.2, 0.25) is 0 Å². The molecule has 0 fully saturated rings. The van der Waals surface area contributed by atoms with Gasteiger partial charge in [-0.3, -0.25) is 4.57 Å². The topological polar surface area (TPSA) is 55.6 Å². The molecule has 0 aromatic carbocycles. The molecule has 2 aromatic rings. The second-order valence-corrected chi connectivity index (χ2v) is 2.85. The van der Waals surface area contributed by atoms with Crippen molar-refractivity contribution in [2.45, 2.75) is 6.54 Å². The third kappa shape index (κ3) is 1.40. The van der Waals surface area contributed by atoms with E-state index in [0.717, 1.165) is 5.82 Å². The van der Waals surface area contributed by atoms with Crippen molar-refractivity contribution in [2.75, 3.05) is 0 Å². The molecule has 68 valence electrons. The van der Waals surface area contributed by atoms with Gasteiger partial charge in [-0.05, 0) is 0 Å². The van der Waals surface area contributed by atoms with Crippen LogP contribution in [0.5, 0.6) is 0 Å². The zero-order valence-electron chi connectivity index (χ0n) is 7.27. The summed E-state index contributed by atoms with van der Waals surface area (Å²) in [5, 5.41) is 0. The summed E-state index contributed by atoms with van der Waals surface area (Å²) < 4.78 is 3.46. The van der Waals surface area contributed by atoms with Gasteiger partial charge in [0.05, 0.1) is 6.54 Å². The van der Waals surface area contributed by atoms with E-state index in [4.69, 9.17) is 0 Å². The summed E-state index contributed by atoms with van der Waals surface area (Å²) >= 11 is 0. The predicted molar refractivity (Wildman–Crippen MR) is 47.4 cm³/mol. The molecule has 2 aromatic heterocycles. The highest BCUT2D eigenvalue weighted by Crippen LogP contribution is 1.95. The summed E-state index contributed by atoms with van der Waals surface area (Å²) in [7, 11) is 1.90. The van der Waals surface area contributed by atoms with Gasteiger partial charge in [-0.15, -0.1) is 0 Å². The average Bonchev–Trinajstić information content (AvgIpc) is 2.65. The molecule has 2 rings (SSSR count). The Balaban J connectivity index is 2.29. The first-order chi connectivity index (χ1) is 6.27. The summed E-state index contributed by atoms with van der Waals surface area (Å²) in [4.78, 5) is 17.8. The molecule has 0 unspecified atom stereocenters. The van der Waals surface area contributed by atoms with Gasteiger partial charge in [-0.1, -0.05) is 0 Å². The lowest BCUT2D eigenvalue weighted by Gasteiger charge is -2.00. The van der Waals surface area contributed by atoms with Crippen molar-refractivity contribution < 1.29 is 0 Å². The molecule has 13 heavy (non-hydrogen) atoms. The van der Waals surface area contributed by atoms with Crippen molar-refractivity contribution in [3.8, 4) is 0 Å². The standard InChI is InChI=1S/C8H10N4O/c1-11-4-2-9-7(11)6-12-5-3-10-8(12)13/h2-5H,6H2,1H3,(H,10,13). The smallest absolute Gasteiger partial charge is 0.325 e. The zero-order chi connectivity index (χ0) is 9.26. The summed E-state index contributed by atoms with van der Waals surface area (Å²) in [5.74, 6) is 0.863. The maximum absolute atomic E-state index is 11.1. The predicted octanol–water partition coefficient (Wildman–Crippen LogP) is -0.0418. The molecule has 0 aliphatic heterocycles. The number of imidazole rings is 2. The van der Waals surface area contributed by atoms with Crippen LogP contribution >= 0.6 is 0 Å². The van der Waals surface area contributed by atoms with E-state index >= 15 is 0 Å². The van der Waals surface area contributed by atoms with Crippen LogP contribution in [0.25, 0.3) is 0 Å². The number of hydrogen-bond donors (Lipinski definition) is 1. The fourth-order valence-corrected chi connectivity index (χ4v) is 1.17. The van der Waals surface area contributed by atoms with Crippen molar-refractivity contribution in [2.24, 2.45) is 7.05 Å². The van der Waals surface area contributed by atoms with E-state index in [1.54, 1.807) is 23.2 Å². The quantitative estimate of drug-likeness (QED) is 0.701. The van der Waals surface area contributed by atoms with Crippen LogP contribution in [-0.2, 0) is 13.6 Å². The Morgan fingerprint density at radius 3 is 2.92 bits per heavy atom. The first kappa shape index (κ1) is 7.85. The van der Waals surface area contributed by atoms with Gasteiger partial charge in [-0.2, -0.15) is 0 Å². The number of aromatic amines is 1. The molecule has 5 heteroatoms. The molecule has 1 N–H and O–H groups in total. The summed E-state index contributed by atoms with van der Waals surface area (Å²) in [6.45, 7) is 0.506. The summed E-state index contributed by atoms with van der Waals surface area (Å²) in [6, 6.07) is 0. The Kier molecular flexibility index (Phi) is 1.77. The average molecular weight is 178 g/mol. The lowest BCUT2D eigenvalue weighted by molar-refractivity contribution is 0.680. The molecule has 0 spiro atoms. The highest BCUT2D eigenvalue weighted by molar-refractivity contribution is 4.93. The van der Waals surface area contributed by atoms with Crippen LogP contribution in [0.15, 0.2) is 29.6 Å². The van der Waals surface area contributed by atoms with Crippen molar-refractivity contribution >= 4 is 0 Å². The highest BCUT2D eigenvalue weighted by Gasteiger charge is 2.01. The van der Waals surface area contributed by atoms with Crippen molar-refractivity contribution in [1.29, 1.82) is 0 Å². The van der Waals surface area contributed by atoms with Gasteiger partial charge in [0, 0.05) is 31.8 Å². The zero-order valence-corrected chi connectivity index (χ0v) is 7.27. The van der Waals surface area contributed by atoms with Crippen LogP contribution < -0.4 is 5.69 Å². The van der Waals surface area contributed by atoms with Gasteiger partial charge >= 0.3 is 5.69 Å². The van der Waals surface area contributed by atoms with Crippen LogP contribution in [0.1, 0.15) is 5.82 Å². The number of aryl methyl sites for hydroxylation is 1. The molecule has 5 nitrogen and oxygen atoms in total. The fourth-order valence-electron chi connectivity index (χ4n) is 1.17. The van der Waals surface area contributed by atoms with Crippen LogP contribution in [-0.4, -0.2) is 19.1 Å². The molecule has 0 saturated carbocycles. The van der Waals surface area contributed by atoms with Gasteiger partial charge in [-0.25, -0.2) is 9.78 Å². The van der Waals surface area contributed by atoms with Gasteiger partial charge in [0.15, 0.2) is 0 Å². The number of H-pyrrole nitrogens is 1. The Hall–Kier alpha value is -1.78. The monoisotopic (exact) mass is 178 g/mol. The maximum atomic E-state index is 11.1. The van der Waals surface area contributed by atoms with Gasteiger partial charge < -0.3 is 9.55 Å². The lowest BCUT2D eigenvalue weighted by Crippen LogP contribution is -2.18. The number of nitrogens with zero attached hydrogens (tertiary/aromatic N) is 3. The highest BCUT2D eigenvalue weighted by atomic mass is 16.1.